The molecule has 6 heteroatoms. The van der Waals surface area contributed by atoms with Gasteiger partial charge in [-0.25, -0.2) is 4.98 Å². The molecule has 0 amide bonds. The first-order valence-electron chi connectivity index (χ1n) is 19.6. The molecule has 0 unspecified atom stereocenters. The molecule has 0 radical (unpaired) electrons. The van der Waals surface area contributed by atoms with Crippen molar-refractivity contribution in [2.45, 2.75) is 0 Å². The van der Waals surface area contributed by atoms with Gasteiger partial charge in [-0.3, -0.25) is 4.57 Å². The molecular weight excluding hydrogens is 713 g/mol. The Bertz CT molecular complexity index is 3930. The maximum Gasteiger partial charge on any atom is 0.238 e. The van der Waals surface area contributed by atoms with E-state index in [4.69, 9.17) is 18.8 Å². The first-order chi connectivity index (χ1) is 28.8. The lowest BCUT2D eigenvalue weighted by atomic mass is 9.91. The number of rotatable bonds is 2. The van der Waals surface area contributed by atoms with Crippen LogP contribution >= 0.6 is 0 Å². The van der Waals surface area contributed by atoms with Gasteiger partial charge in [0.05, 0.1) is 38.8 Å². The lowest BCUT2D eigenvalue weighted by Gasteiger charge is -2.12. The zero-order valence-corrected chi connectivity index (χ0v) is 30.8. The molecule has 13 aromatic rings. The van der Waals surface area contributed by atoms with Crippen LogP contribution in [0, 0.1) is 0 Å². The van der Waals surface area contributed by atoms with Gasteiger partial charge in [0.1, 0.15) is 16.7 Å². The predicted molar refractivity (Wildman–Crippen MR) is 235 cm³/mol. The number of para-hydroxylation sites is 5. The zero-order chi connectivity index (χ0) is 37.6. The summed E-state index contributed by atoms with van der Waals surface area (Å²) in [4.78, 5) is 10.9. The quantitative estimate of drug-likeness (QED) is 0.177. The van der Waals surface area contributed by atoms with Crippen LogP contribution in [0.1, 0.15) is 0 Å². The molecule has 1 aliphatic rings. The van der Waals surface area contributed by atoms with Gasteiger partial charge in [-0.1, -0.05) is 121 Å². The largest absolute Gasteiger partial charge is 0.456 e. The Morgan fingerprint density at radius 1 is 0.397 bits per heavy atom. The van der Waals surface area contributed by atoms with Crippen molar-refractivity contribution in [3.63, 3.8) is 0 Å². The molecule has 0 bridgehead atoms. The fourth-order valence-corrected chi connectivity index (χ4v) is 9.93. The van der Waals surface area contributed by atoms with Gasteiger partial charge in [-0.2, -0.15) is 4.98 Å². The van der Waals surface area contributed by atoms with Crippen molar-refractivity contribution in [2.24, 2.45) is 0 Å². The minimum absolute atomic E-state index is 0.536. The Morgan fingerprint density at radius 2 is 1.03 bits per heavy atom. The lowest BCUT2D eigenvalue weighted by Crippen LogP contribution is -2.03. The molecule has 268 valence electrons. The normalized spacial score (nSPS) is 12.5. The van der Waals surface area contributed by atoms with Crippen LogP contribution in [-0.2, 0) is 0 Å². The van der Waals surface area contributed by atoms with Crippen LogP contribution < -0.4 is 0 Å². The summed E-state index contributed by atoms with van der Waals surface area (Å²) >= 11 is 0. The van der Waals surface area contributed by atoms with Crippen LogP contribution in [0.15, 0.2) is 179 Å². The minimum Gasteiger partial charge on any atom is -0.456 e. The van der Waals surface area contributed by atoms with Gasteiger partial charge in [0.25, 0.3) is 0 Å². The highest BCUT2D eigenvalue weighted by Gasteiger charge is 2.30. The molecular formula is C52H28N4O2. The average Bonchev–Trinajstić information content (AvgIpc) is 4.01. The van der Waals surface area contributed by atoms with Crippen molar-refractivity contribution < 1.29 is 8.83 Å². The summed E-state index contributed by atoms with van der Waals surface area (Å²) in [6, 6.07) is 60.1. The standard InChI is InChI=1S/C52H28N4O2/c1-2-17-35-30(13-1)31-14-3-8-20-39(31)55-40-21-9-4-15-32(40)38-28-42-46(47(35)50(38)55)36-18-5-10-22-41(36)56(42)52-53-49(48-37-19-7-12-24-44(37)58-51(48)54-52)29-25-26-34-33-16-6-11-23-43(33)57-45(34)27-29/h1-28H. The average molecular weight is 741 g/mol. The van der Waals surface area contributed by atoms with E-state index in [0.29, 0.717) is 11.7 Å². The summed E-state index contributed by atoms with van der Waals surface area (Å²) in [5.41, 5.74) is 15.1. The molecule has 0 saturated carbocycles. The number of aromatic nitrogens is 4. The number of furan rings is 2. The van der Waals surface area contributed by atoms with E-state index in [1.54, 1.807) is 0 Å². The second kappa shape index (κ2) is 10.9. The van der Waals surface area contributed by atoms with Crippen LogP contribution in [0.2, 0.25) is 0 Å². The van der Waals surface area contributed by atoms with Gasteiger partial charge in [0.2, 0.25) is 11.7 Å². The van der Waals surface area contributed by atoms with Crippen molar-refractivity contribution in [1.82, 2.24) is 19.1 Å². The molecule has 6 nitrogen and oxygen atoms in total. The number of hydrogen-bond donors (Lipinski definition) is 0. The third kappa shape index (κ3) is 3.81. The van der Waals surface area contributed by atoms with Gasteiger partial charge in [0.15, 0.2) is 0 Å². The van der Waals surface area contributed by atoms with Gasteiger partial charge in [-0.05, 0) is 59.7 Å². The van der Waals surface area contributed by atoms with Gasteiger partial charge in [0, 0.05) is 54.4 Å². The van der Waals surface area contributed by atoms with E-state index in [-0.39, 0.29) is 0 Å². The van der Waals surface area contributed by atoms with Crippen LogP contribution in [0.25, 0.3) is 133 Å². The molecule has 5 aromatic heterocycles. The SMILES string of the molecule is c1ccc2c(c1)-c1ccccc1-n1c3ccccc3c3cc4c(c-2c31)c1ccccc1n4-c1nc(-c2ccc3c(c2)oc2ccccc23)c2c(n1)oc1ccccc12. The van der Waals surface area contributed by atoms with E-state index in [1.807, 2.05) is 36.4 Å². The second-order valence-electron chi connectivity index (χ2n) is 15.3. The molecule has 0 spiro atoms. The van der Waals surface area contributed by atoms with E-state index in [1.165, 1.54) is 49.7 Å². The summed E-state index contributed by atoms with van der Waals surface area (Å²) in [5.74, 6) is 0.540. The third-order valence-electron chi connectivity index (χ3n) is 12.3. The van der Waals surface area contributed by atoms with Gasteiger partial charge >= 0.3 is 0 Å². The Morgan fingerprint density at radius 3 is 1.88 bits per heavy atom. The summed E-state index contributed by atoms with van der Waals surface area (Å²) in [6.07, 6.45) is 0. The maximum atomic E-state index is 6.61. The topological polar surface area (TPSA) is 61.9 Å². The molecule has 58 heavy (non-hydrogen) atoms. The van der Waals surface area contributed by atoms with Crippen molar-refractivity contribution >= 4 is 87.6 Å². The molecule has 6 heterocycles. The second-order valence-corrected chi connectivity index (χ2v) is 15.3. The highest BCUT2D eigenvalue weighted by atomic mass is 16.3. The van der Waals surface area contributed by atoms with Crippen molar-refractivity contribution in [3.8, 4) is 45.1 Å². The summed E-state index contributed by atoms with van der Waals surface area (Å²) in [5, 5.41) is 8.66. The Balaban J connectivity index is 1.15. The van der Waals surface area contributed by atoms with Crippen LogP contribution in [0.3, 0.4) is 0 Å². The van der Waals surface area contributed by atoms with Crippen molar-refractivity contribution in [3.05, 3.63) is 170 Å². The molecule has 0 saturated heterocycles. The highest BCUT2D eigenvalue weighted by Crippen LogP contribution is 2.52. The van der Waals surface area contributed by atoms with E-state index in [2.05, 4.69) is 143 Å². The zero-order valence-electron chi connectivity index (χ0n) is 30.8. The Kier molecular flexibility index (Phi) is 5.68. The summed E-state index contributed by atoms with van der Waals surface area (Å²) < 4.78 is 17.7. The number of hydrogen-bond acceptors (Lipinski definition) is 4. The van der Waals surface area contributed by atoms with Gasteiger partial charge in [-0.15, -0.1) is 0 Å². The molecule has 1 aliphatic heterocycles. The molecule has 0 aliphatic carbocycles. The smallest absolute Gasteiger partial charge is 0.238 e. The van der Waals surface area contributed by atoms with Crippen LogP contribution in [0.4, 0.5) is 0 Å². The summed E-state index contributed by atoms with van der Waals surface area (Å²) in [6.45, 7) is 0. The molecule has 14 rings (SSSR count). The Labute approximate surface area is 329 Å². The molecule has 0 N–H and O–H groups in total. The third-order valence-corrected chi connectivity index (χ3v) is 12.3. The van der Waals surface area contributed by atoms with E-state index in [0.717, 1.165) is 71.4 Å². The van der Waals surface area contributed by atoms with E-state index in [9.17, 15) is 0 Å². The fraction of sp³-hybridized carbons (Fsp3) is 0. The van der Waals surface area contributed by atoms with E-state index < -0.39 is 0 Å². The lowest BCUT2D eigenvalue weighted by molar-refractivity contribution is 0.651. The first kappa shape index (κ1) is 30.3. The molecule has 0 atom stereocenters. The number of benzene rings is 8. The van der Waals surface area contributed by atoms with Gasteiger partial charge < -0.3 is 13.4 Å². The number of nitrogens with zero attached hydrogens (tertiary/aromatic N) is 4. The first-order valence-corrected chi connectivity index (χ1v) is 19.6. The Hall–Kier alpha value is -7.96. The monoisotopic (exact) mass is 740 g/mol. The van der Waals surface area contributed by atoms with Crippen molar-refractivity contribution in [1.29, 1.82) is 0 Å². The van der Waals surface area contributed by atoms with Crippen molar-refractivity contribution in [2.75, 3.05) is 0 Å². The van der Waals surface area contributed by atoms with Crippen LogP contribution in [-0.4, -0.2) is 19.1 Å². The maximum absolute atomic E-state index is 6.61. The minimum atomic E-state index is 0.536. The molecule has 0 fully saturated rings. The highest BCUT2D eigenvalue weighted by molar-refractivity contribution is 6.28. The summed E-state index contributed by atoms with van der Waals surface area (Å²) in [7, 11) is 0. The van der Waals surface area contributed by atoms with Crippen LogP contribution in [0.5, 0.6) is 0 Å². The van der Waals surface area contributed by atoms with E-state index >= 15 is 0 Å². The number of fused-ring (bicyclic) bond motifs is 18. The molecule has 8 aromatic carbocycles. The predicted octanol–water partition coefficient (Wildman–Crippen LogP) is 13.8. The fourth-order valence-electron chi connectivity index (χ4n) is 9.93.